The van der Waals surface area contributed by atoms with Crippen LogP contribution < -0.4 is 26.3 Å². The summed E-state index contributed by atoms with van der Waals surface area (Å²) < 4.78 is 44.2. The van der Waals surface area contributed by atoms with Gasteiger partial charge in [-0.3, -0.25) is 14.4 Å². The lowest BCUT2D eigenvalue weighted by molar-refractivity contribution is -0.143. The standard InChI is InChI=1S/C21H21FN4O4.C19H16FN3O4.C3H9NO/c1-25(9-10-27)19(28)13-30-17-4-2-3-14(11-17)20(29)18-12-24-26(21(18)23)16-7-5-15(22)6-8-16;1-26-17(24)11-27-15-4-2-3-12(9-15)18(25)16-10-22-23(19(16)21)14-7-5-13(20)6-8-14;1-4-2-3-5/h2-8,11-12,27H,9-10,13,23H2,1H3;2-10H,11,21H2,1H3;4-5H,2-3H2,1H3. The third-order valence-corrected chi connectivity index (χ3v) is 8.61. The first kappa shape index (κ1) is 47.2. The molecule has 6 aromatic rings. The molecule has 0 unspecified atom stereocenters. The third kappa shape index (κ3) is 13.0. The zero-order valence-corrected chi connectivity index (χ0v) is 34.0. The van der Waals surface area contributed by atoms with Crippen LogP contribution in [0.25, 0.3) is 11.4 Å². The second-order valence-corrected chi connectivity index (χ2v) is 12.9. The molecule has 62 heavy (non-hydrogen) atoms. The molecule has 19 heteroatoms. The average Bonchev–Trinajstić information content (AvgIpc) is 3.87. The highest BCUT2D eigenvalue weighted by molar-refractivity contribution is 6.12. The van der Waals surface area contributed by atoms with Gasteiger partial charge >= 0.3 is 5.97 Å². The minimum Gasteiger partial charge on any atom is -0.484 e. The number of ketones is 2. The number of carbonyl (C=O) groups excluding carboxylic acids is 4. The molecule has 0 saturated carbocycles. The fourth-order valence-corrected chi connectivity index (χ4v) is 5.25. The fraction of sp³-hybridized carbons (Fsp3) is 0.209. The van der Waals surface area contributed by atoms with Crippen molar-refractivity contribution in [2.75, 3.05) is 72.2 Å². The van der Waals surface area contributed by atoms with Gasteiger partial charge in [-0.1, -0.05) is 24.3 Å². The summed E-state index contributed by atoms with van der Waals surface area (Å²) in [4.78, 5) is 50.1. The van der Waals surface area contributed by atoms with E-state index in [1.54, 1.807) is 50.5 Å². The number of hydrogen-bond acceptors (Lipinski definition) is 14. The number of anilines is 2. The third-order valence-electron chi connectivity index (χ3n) is 8.61. The van der Waals surface area contributed by atoms with Crippen LogP contribution in [-0.2, 0) is 14.3 Å². The van der Waals surface area contributed by atoms with E-state index in [0.717, 1.165) is 0 Å². The molecule has 0 aliphatic carbocycles. The molecule has 326 valence electrons. The molecule has 6 rings (SSSR count). The summed E-state index contributed by atoms with van der Waals surface area (Å²) in [5, 5.41) is 27.9. The SMILES string of the molecule is CN(CCO)C(=O)COc1cccc(C(=O)c2cnn(-c3ccc(F)cc3)c2N)c1.CNCCO.COC(=O)COc1cccc(C(=O)c2cnn(-c3ccc(F)cc3)c2N)c1. The molecule has 0 aliphatic rings. The number of hydrogen-bond donors (Lipinski definition) is 5. The number of halogens is 2. The molecule has 2 heterocycles. The lowest BCUT2D eigenvalue weighted by Crippen LogP contribution is -2.33. The maximum absolute atomic E-state index is 13.1. The monoisotopic (exact) mass is 856 g/mol. The molecule has 1 amide bonds. The van der Waals surface area contributed by atoms with Gasteiger partial charge in [-0.15, -0.1) is 0 Å². The summed E-state index contributed by atoms with van der Waals surface area (Å²) in [6, 6.07) is 23.8. The number of ether oxygens (including phenoxy) is 3. The number of nitrogens with one attached hydrogen (secondary N) is 1. The van der Waals surface area contributed by atoms with E-state index in [-0.39, 0.29) is 79.0 Å². The maximum atomic E-state index is 13.1. The summed E-state index contributed by atoms with van der Waals surface area (Å²) in [7, 11) is 4.62. The average molecular weight is 857 g/mol. The summed E-state index contributed by atoms with van der Waals surface area (Å²) >= 11 is 0. The van der Waals surface area contributed by atoms with Gasteiger partial charge in [0.25, 0.3) is 5.91 Å². The number of amides is 1. The smallest absolute Gasteiger partial charge is 0.343 e. The minimum absolute atomic E-state index is 0.124. The number of esters is 1. The molecule has 0 atom stereocenters. The Morgan fingerprint density at radius 2 is 1.16 bits per heavy atom. The summed E-state index contributed by atoms with van der Waals surface area (Å²) in [6.45, 7) is 0.505. The topological polar surface area (TPSA) is 239 Å². The molecule has 17 nitrogen and oxygen atoms in total. The fourth-order valence-electron chi connectivity index (χ4n) is 5.25. The number of rotatable bonds is 16. The Kier molecular flexibility index (Phi) is 17.8. The first-order valence-corrected chi connectivity index (χ1v) is 18.7. The van der Waals surface area contributed by atoms with E-state index >= 15 is 0 Å². The number of aliphatic hydroxyl groups excluding tert-OH is 2. The zero-order valence-electron chi connectivity index (χ0n) is 34.0. The molecular formula is C43H46F2N8O9. The molecule has 2 aromatic heterocycles. The van der Waals surface area contributed by atoms with Crippen LogP contribution in [0.15, 0.2) is 109 Å². The lowest BCUT2D eigenvalue weighted by Gasteiger charge is -2.16. The number of nitrogen functional groups attached to an aromatic ring is 2. The Hall–Kier alpha value is -7.48. The van der Waals surface area contributed by atoms with Gasteiger partial charge < -0.3 is 46.1 Å². The van der Waals surface area contributed by atoms with Gasteiger partial charge in [-0.05, 0) is 79.8 Å². The van der Waals surface area contributed by atoms with E-state index in [9.17, 15) is 28.0 Å². The Morgan fingerprint density at radius 3 is 1.55 bits per heavy atom. The van der Waals surface area contributed by atoms with Gasteiger partial charge in [0.05, 0.1) is 55.2 Å². The van der Waals surface area contributed by atoms with E-state index in [4.69, 9.17) is 31.2 Å². The molecule has 0 fully saturated rings. The molecule has 0 radical (unpaired) electrons. The molecule has 0 bridgehead atoms. The number of nitrogens with zero attached hydrogens (tertiary/aromatic N) is 5. The summed E-state index contributed by atoms with van der Waals surface area (Å²) in [6.07, 6.45) is 2.70. The minimum atomic E-state index is -0.531. The van der Waals surface area contributed by atoms with Crippen LogP contribution in [-0.4, -0.2) is 119 Å². The predicted octanol–water partition coefficient (Wildman–Crippen LogP) is 3.23. The van der Waals surface area contributed by atoms with Crippen LogP contribution in [0.5, 0.6) is 11.5 Å². The number of likely N-dealkylation sites (N-methyl/N-ethyl adjacent to an activating group) is 2. The maximum Gasteiger partial charge on any atom is 0.343 e. The van der Waals surface area contributed by atoms with Crippen molar-refractivity contribution in [2.45, 2.75) is 0 Å². The Bertz CT molecular complexity index is 2420. The van der Waals surface area contributed by atoms with Gasteiger partial charge in [0.1, 0.15) is 34.8 Å². The van der Waals surface area contributed by atoms with E-state index in [2.05, 4.69) is 20.3 Å². The van der Waals surface area contributed by atoms with E-state index in [0.29, 0.717) is 40.5 Å². The number of nitrogens with two attached hydrogens (primary N) is 2. The quantitative estimate of drug-likeness (QED) is 0.0694. The van der Waals surface area contributed by atoms with Crippen molar-refractivity contribution in [1.29, 1.82) is 0 Å². The van der Waals surface area contributed by atoms with Crippen molar-refractivity contribution in [3.8, 4) is 22.9 Å². The number of methoxy groups -OCH3 is 1. The Morgan fingerprint density at radius 1 is 0.710 bits per heavy atom. The highest BCUT2D eigenvalue weighted by Crippen LogP contribution is 2.24. The van der Waals surface area contributed by atoms with E-state index in [1.165, 1.54) is 94.4 Å². The van der Waals surface area contributed by atoms with Crippen LogP contribution in [0, 0.1) is 11.6 Å². The van der Waals surface area contributed by atoms with Gasteiger partial charge in [0.2, 0.25) is 0 Å². The van der Waals surface area contributed by atoms with Crippen molar-refractivity contribution in [3.05, 3.63) is 143 Å². The zero-order chi connectivity index (χ0) is 45.2. The van der Waals surface area contributed by atoms with Gasteiger partial charge in [-0.2, -0.15) is 10.2 Å². The van der Waals surface area contributed by atoms with Crippen molar-refractivity contribution in [3.63, 3.8) is 0 Å². The largest absolute Gasteiger partial charge is 0.484 e. The van der Waals surface area contributed by atoms with Gasteiger partial charge in [-0.25, -0.2) is 22.9 Å². The number of aromatic nitrogens is 4. The second kappa shape index (κ2) is 23.3. The molecule has 0 saturated heterocycles. The highest BCUT2D eigenvalue weighted by atomic mass is 19.1. The van der Waals surface area contributed by atoms with Crippen LogP contribution >= 0.6 is 0 Å². The Labute approximate surface area is 355 Å². The van der Waals surface area contributed by atoms with Gasteiger partial charge in [0, 0.05) is 31.3 Å². The van der Waals surface area contributed by atoms with Crippen molar-refractivity contribution in [2.24, 2.45) is 0 Å². The molecule has 7 N–H and O–H groups in total. The molecule has 4 aromatic carbocycles. The molecule has 0 spiro atoms. The number of benzene rings is 4. The highest BCUT2D eigenvalue weighted by Gasteiger charge is 2.20. The molecular weight excluding hydrogens is 811 g/mol. The van der Waals surface area contributed by atoms with Crippen LogP contribution in [0.1, 0.15) is 31.8 Å². The van der Waals surface area contributed by atoms with Crippen LogP contribution in [0.3, 0.4) is 0 Å². The predicted molar refractivity (Wildman–Crippen MR) is 224 cm³/mol. The van der Waals surface area contributed by atoms with Crippen molar-refractivity contribution in [1.82, 2.24) is 29.8 Å². The second-order valence-electron chi connectivity index (χ2n) is 12.9. The van der Waals surface area contributed by atoms with Crippen molar-refractivity contribution < 1.29 is 52.4 Å². The first-order chi connectivity index (χ1) is 29.8. The normalized spacial score (nSPS) is 10.4. The van der Waals surface area contributed by atoms with E-state index in [1.807, 2.05) is 0 Å². The van der Waals surface area contributed by atoms with Crippen molar-refractivity contribution >= 4 is 35.1 Å². The Balaban J connectivity index is 0.000000247. The number of aliphatic hydroxyl groups is 2. The summed E-state index contributed by atoms with van der Waals surface area (Å²) in [5.74, 6) is -1.39. The molecule has 0 aliphatic heterocycles. The lowest BCUT2D eigenvalue weighted by atomic mass is 10.1. The van der Waals surface area contributed by atoms with Crippen LogP contribution in [0.4, 0.5) is 20.4 Å². The number of carbonyl (C=O) groups is 4. The first-order valence-electron chi connectivity index (χ1n) is 18.7. The van der Waals surface area contributed by atoms with E-state index < -0.39 is 11.8 Å². The van der Waals surface area contributed by atoms with Crippen LogP contribution in [0.2, 0.25) is 0 Å². The summed E-state index contributed by atoms with van der Waals surface area (Å²) in [5.41, 5.74) is 14.2. The van der Waals surface area contributed by atoms with Gasteiger partial charge in [0.15, 0.2) is 24.8 Å².